The topological polar surface area (TPSA) is 110 Å². The number of anilines is 2. The average molecular weight is 536 g/mol. The third-order valence-electron chi connectivity index (χ3n) is 8.42. The van der Waals surface area contributed by atoms with Gasteiger partial charge in [0.25, 0.3) is 5.69 Å². The molecule has 1 fully saturated rings. The van der Waals surface area contributed by atoms with Crippen LogP contribution in [0.5, 0.6) is 0 Å². The van der Waals surface area contributed by atoms with E-state index in [2.05, 4.69) is 5.32 Å². The van der Waals surface area contributed by atoms with Crippen molar-refractivity contribution in [2.45, 2.75) is 45.2 Å². The highest BCUT2D eigenvalue weighted by molar-refractivity contribution is 6.17. The Labute approximate surface area is 231 Å². The van der Waals surface area contributed by atoms with Crippen molar-refractivity contribution in [3.63, 3.8) is 0 Å². The number of nitrogens with zero attached hydrogens (tertiary/aromatic N) is 2. The van der Waals surface area contributed by atoms with E-state index >= 15 is 0 Å². The third-order valence-corrected chi connectivity index (χ3v) is 8.42. The van der Waals surface area contributed by atoms with Gasteiger partial charge in [0, 0.05) is 34.5 Å². The molecule has 0 saturated carbocycles. The minimum atomic E-state index is -1.44. The molecule has 1 N–H and O–H groups in total. The molecule has 1 amide bonds. The number of carbonyl (C=O) groups excluding carboxylic acids is 3. The van der Waals surface area contributed by atoms with Crippen LogP contribution in [0.4, 0.5) is 17.1 Å². The van der Waals surface area contributed by atoms with Crippen molar-refractivity contribution < 1.29 is 19.3 Å². The first kappa shape index (κ1) is 25.7. The minimum absolute atomic E-state index is 0.0930. The summed E-state index contributed by atoms with van der Waals surface area (Å²) in [6.07, 6.45) is 3.88. The van der Waals surface area contributed by atoms with Crippen molar-refractivity contribution in [2.75, 3.05) is 10.2 Å². The molecule has 202 valence electrons. The fourth-order valence-electron chi connectivity index (χ4n) is 6.69. The number of nitro benzene ring substituents is 1. The number of carbonyl (C=O) groups is 3. The van der Waals surface area contributed by atoms with Crippen molar-refractivity contribution >= 4 is 40.6 Å². The van der Waals surface area contributed by atoms with Gasteiger partial charge in [0.05, 0.1) is 16.9 Å². The van der Waals surface area contributed by atoms with E-state index in [0.717, 1.165) is 16.8 Å². The van der Waals surface area contributed by atoms with Gasteiger partial charge in [-0.15, -0.1) is 0 Å². The summed E-state index contributed by atoms with van der Waals surface area (Å²) in [5.41, 5.74) is 1.52. The fourth-order valence-corrected chi connectivity index (χ4v) is 6.69. The second-order valence-corrected chi connectivity index (χ2v) is 11.9. The quantitative estimate of drug-likeness (QED) is 0.269. The van der Waals surface area contributed by atoms with Crippen molar-refractivity contribution in [3.05, 3.63) is 105 Å². The minimum Gasteiger partial charge on any atom is -0.352 e. The molecule has 3 heterocycles. The van der Waals surface area contributed by atoms with Gasteiger partial charge >= 0.3 is 0 Å². The lowest BCUT2D eigenvalue weighted by Crippen LogP contribution is -2.51. The predicted molar refractivity (Wildman–Crippen MR) is 152 cm³/mol. The van der Waals surface area contributed by atoms with Gasteiger partial charge in [0.15, 0.2) is 11.6 Å². The maximum atomic E-state index is 14.7. The summed E-state index contributed by atoms with van der Waals surface area (Å²) in [6.45, 7) is 7.41. The number of para-hydroxylation sites is 1. The lowest BCUT2D eigenvalue weighted by molar-refractivity contribution is -0.384. The molecular weight excluding hydrogens is 506 g/mol. The first-order chi connectivity index (χ1) is 19.0. The zero-order valence-electron chi connectivity index (χ0n) is 22.7. The lowest BCUT2D eigenvalue weighted by Gasteiger charge is -2.38. The first-order valence-corrected chi connectivity index (χ1v) is 13.3. The lowest BCUT2D eigenvalue weighted by atomic mass is 9.63. The van der Waals surface area contributed by atoms with E-state index in [1.54, 1.807) is 6.07 Å². The summed E-state index contributed by atoms with van der Waals surface area (Å²) in [7, 11) is 0. The number of hydrogen-bond donors (Lipinski definition) is 1. The maximum Gasteiger partial charge on any atom is 0.270 e. The Hall–Kier alpha value is -4.59. The molecule has 8 nitrogen and oxygen atoms in total. The van der Waals surface area contributed by atoms with E-state index in [1.165, 1.54) is 24.3 Å². The van der Waals surface area contributed by atoms with Gasteiger partial charge in [-0.3, -0.25) is 24.5 Å². The Morgan fingerprint density at radius 2 is 1.77 bits per heavy atom. The molecule has 0 radical (unpaired) electrons. The standard InChI is InChI=1S/C32H29N3O5/c1-18-12-14-24-19(16-18)13-15-25-32(22-10-5-6-11-23(22)33-30(32)38)26(27(34(24)25)29(37)31(2,3)4)28(36)20-8-7-9-21(17-20)35(39)40/h5-17,25-27H,1-4H3,(H,33,38)/t25-,26+,27+,32-/m1/s1. The summed E-state index contributed by atoms with van der Waals surface area (Å²) in [6, 6.07) is 17.1. The van der Waals surface area contributed by atoms with Crippen molar-refractivity contribution in [2.24, 2.45) is 11.3 Å². The highest BCUT2D eigenvalue weighted by Crippen LogP contribution is 2.58. The van der Waals surface area contributed by atoms with Crippen LogP contribution < -0.4 is 10.2 Å². The number of non-ortho nitro benzene ring substituents is 1. The van der Waals surface area contributed by atoms with Gasteiger partial charge in [0.2, 0.25) is 5.91 Å². The van der Waals surface area contributed by atoms with E-state index in [4.69, 9.17) is 0 Å². The van der Waals surface area contributed by atoms with Crippen LogP contribution in [0.25, 0.3) is 6.08 Å². The number of ketones is 2. The highest BCUT2D eigenvalue weighted by atomic mass is 16.6. The molecule has 0 unspecified atom stereocenters. The van der Waals surface area contributed by atoms with Gasteiger partial charge in [-0.2, -0.15) is 0 Å². The Bertz CT molecular complexity index is 1650. The van der Waals surface area contributed by atoms with Crippen LogP contribution in [0.1, 0.15) is 47.8 Å². The zero-order valence-corrected chi connectivity index (χ0v) is 22.7. The molecule has 1 spiro atoms. The van der Waals surface area contributed by atoms with Crippen LogP contribution in [0.15, 0.2) is 72.8 Å². The second-order valence-electron chi connectivity index (χ2n) is 11.9. The number of benzene rings is 3. The number of fused-ring (bicyclic) bond motifs is 6. The molecule has 40 heavy (non-hydrogen) atoms. The summed E-state index contributed by atoms with van der Waals surface area (Å²) >= 11 is 0. The van der Waals surface area contributed by atoms with Crippen LogP contribution in [-0.2, 0) is 15.0 Å². The molecule has 4 atom stereocenters. The molecule has 3 aliphatic rings. The number of hydrogen-bond acceptors (Lipinski definition) is 6. The maximum absolute atomic E-state index is 14.7. The fraction of sp³-hybridized carbons (Fsp3) is 0.281. The normalized spacial score (nSPS) is 24.4. The van der Waals surface area contributed by atoms with Crippen molar-refractivity contribution in [1.29, 1.82) is 0 Å². The van der Waals surface area contributed by atoms with Gasteiger partial charge in [0.1, 0.15) is 11.5 Å². The number of aryl methyl sites for hydroxylation is 1. The predicted octanol–water partition coefficient (Wildman–Crippen LogP) is 5.49. The van der Waals surface area contributed by atoms with Crippen LogP contribution in [-0.4, -0.2) is 34.5 Å². The first-order valence-electron chi connectivity index (χ1n) is 13.3. The highest BCUT2D eigenvalue weighted by Gasteiger charge is 2.70. The Kier molecular flexibility index (Phi) is 5.59. The zero-order chi connectivity index (χ0) is 28.6. The van der Waals surface area contributed by atoms with E-state index in [1.807, 2.05) is 81.1 Å². The van der Waals surface area contributed by atoms with E-state index in [-0.39, 0.29) is 22.9 Å². The number of nitrogens with one attached hydrogen (secondary N) is 1. The monoisotopic (exact) mass is 535 g/mol. The van der Waals surface area contributed by atoms with Crippen LogP contribution in [0.2, 0.25) is 0 Å². The summed E-state index contributed by atoms with van der Waals surface area (Å²) in [5.74, 6) is -2.17. The summed E-state index contributed by atoms with van der Waals surface area (Å²) < 4.78 is 0. The molecular formula is C32H29N3O5. The molecule has 3 aliphatic heterocycles. The van der Waals surface area contributed by atoms with Crippen molar-refractivity contribution in [1.82, 2.24) is 0 Å². The Morgan fingerprint density at radius 3 is 2.50 bits per heavy atom. The molecule has 0 aliphatic carbocycles. The smallest absolute Gasteiger partial charge is 0.270 e. The van der Waals surface area contributed by atoms with Gasteiger partial charge in [-0.25, -0.2) is 0 Å². The largest absolute Gasteiger partial charge is 0.352 e. The Balaban J connectivity index is 1.68. The number of rotatable bonds is 4. The van der Waals surface area contributed by atoms with Gasteiger partial charge < -0.3 is 10.2 Å². The molecule has 8 heteroatoms. The summed E-state index contributed by atoms with van der Waals surface area (Å²) in [4.78, 5) is 56.4. The average Bonchev–Trinajstić information content (AvgIpc) is 3.39. The summed E-state index contributed by atoms with van der Waals surface area (Å²) in [5, 5.41) is 14.6. The number of amides is 1. The van der Waals surface area contributed by atoms with Crippen molar-refractivity contribution in [3.8, 4) is 0 Å². The van der Waals surface area contributed by atoms with E-state index < -0.39 is 39.5 Å². The molecule has 0 bridgehead atoms. The van der Waals surface area contributed by atoms with E-state index in [9.17, 15) is 24.5 Å². The van der Waals surface area contributed by atoms with Crippen LogP contribution in [0.3, 0.4) is 0 Å². The number of nitro groups is 1. The van der Waals surface area contributed by atoms with Gasteiger partial charge in [-0.05, 0) is 36.2 Å². The second kappa shape index (κ2) is 8.71. The third kappa shape index (κ3) is 3.48. The molecule has 3 aromatic rings. The Morgan fingerprint density at radius 1 is 1.02 bits per heavy atom. The van der Waals surface area contributed by atoms with Crippen LogP contribution in [0, 0.1) is 28.4 Å². The molecule has 3 aromatic carbocycles. The SMILES string of the molecule is Cc1ccc2c(c1)C=C[C@H]1N2[C@H](C(=O)C(C)(C)C)[C@@H](C(=O)c2cccc([N+](=O)[O-])c2)[C@]12C(=O)Nc1ccccc12. The molecule has 0 aromatic heterocycles. The van der Waals surface area contributed by atoms with E-state index in [0.29, 0.717) is 11.3 Å². The van der Waals surface area contributed by atoms with Gasteiger partial charge in [-0.1, -0.05) is 74.9 Å². The number of Topliss-reactive ketones (excluding diaryl/α,β-unsaturated/α-hetero) is 2. The molecule has 6 rings (SSSR count). The molecule has 1 saturated heterocycles. The van der Waals surface area contributed by atoms with Crippen LogP contribution >= 0.6 is 0 Å².